The third-order valence-corrected chi connectivity index (χ3v) is 3.53. The molecule has 1 aliphatic carbocycles. The predicted octanol–water partition coefficient (Wildman–Crippen LogP) is 2.18. The largest absolute Gasteiger partial charge is 0.495 e. The molecule has 0 aliphatic heterocycles. The summed E-state index contributed by atoms with van der Waals surface area (Å²) in [6.07, 6.45) is 6.07. The Morgan fingerprint density at radius 3 is 2.90 bits per heavy atom. The van der Waals surface area contributed by atoms with Crippen LogP contribution in [0, 0.1) is 0 Å². The van der Waals surface area contributed by atoms with Crippen molar-refractivity contribution in [1.29, 1.82) is 0 Å². The Kier molecular flexibility index (Phi) is 4.03. The fourth-order valence-electron chi connectivity index (χ4n) is 2.31. The molecule has 1 aliphatic rings. The Morgan fingerprint density at radius 2 is 2.19 bits per heavy atom. The van der Waals surface area contributed by atoms with Crippen molar-refractivity contribution in [3.8, 4) is 11.5 Å². The average Bonchev–Trinajstić information content (AvgIpc) is 3.33. The van der Waals surface area contributed by atoms with Crippen LogP contribution in [0.25, 0.3) is 0 Å². The van der Waals surface area contributed by atoms with E-state index in [1.54, 1.807) is 19.5 Å². The van der Waals surface area contributed by atoms with Crippen molar-refractivity contribution in [2.24, 2.45) is 5.84 Å². The summed E-state index contributed by atoms with van der Waals surface area (Å²) in [4.78, 5) is 4.07. The second-order valence-electron chi connectivity index (χ2n) is 5.11. The van der Waals surface area contributed by atoms with Gasteiger partial charge in [-0.3, -0.25) is 10.8 Å². The maximum absolute atomic E-state index is 5.84. The van der Waals surface area contributed by atoms with Crippen LogP contribution >= 0.6 is 0 Å². The van der Waals surface area contributed by atoms with E-state index in [0.29, 0.717) is 11.9 Å². The molecule has 3 N–H and O–H groups in total. The number of benzene rings is 1. The number of nitrogens with one attached hydrogen (secondary N) is 1. The molecule has 2 aromatic rings. The molecule has 5 heteroatoms. The van der Waals surface area contributed by atoms with Crippen LogP contribution in [0.4, 0.5) is 0 Å². The van der Waals surface area contributed by atoms with E-state index < -0.39 is 0 Å². The van der Waals surface area contributed by atoms with E-state index in [1.165, 1.54) is 0 Å². The highest BCUT2D eigenvalue weighted by Gasteiger charge is 2.24. The Labute approximate surface area is 124 Å². The highest BCUT2D eigenvalue weighted by Crippen LogP contribution is 2.32. The number of methoxy groups -OCH3 is 1. The van der Waals surface area contributed by atoms with Gasteiger partial charge in [0.1, 0.15) is 11.5 Å². The summed E-state index contributed by atoms with van der Waals surface area (Å²) < 4.78 is 11.2. The summed E-state index contributed by atoms with van der Waals surface area (Å²) in [5.74, 6) is 7.34. The smallest absolute Gasteiger partial charge is 0.142 e. The average molecular weight is 285 g/mol. The lowest BCUT2D eigenvalue weighted by Crippen LogP contribution is -2.29. The first-order valence-electron chi connectivity index (χ1n) is 7.02. The van der Waals surface area contributed by atoms with Crippen molar-refractivity contribution in [2.75, 3.05) is 7.11 Å². The first-order valence-corrected chi connectivity index (χ1v) is 7.02. The molecular formula is C16H19N3O2. The van der Waals surface area contributed by atoms with Gasteiger partial charge in [-0.1, -0.05) is 12.1 Å². The number of pyridine rings is 1. The molecular weight excluding hydrogens is 266 g/mol. The predicted molar refractivity (Wildman–Crippen MR) is 80.0 cm³/mol. The molecule has 0 radical (unpaired) electrons. The van der Waals surface area contributed by atoms with Gasteiger partial charge in [-0.2, -0.15) is 0 Å². The van der Waals surface area contributed by atoms with Gasteiger partial charge in [0.05, 0.1) is 25.5 Å². The molecule has 21 heavy (non-hydrogen) atoms. The van der Waals surface area contributed by atoms with Gasteiger partial charge in [0.2, 0.25) is 0 Å². The topological polar surface area (TPSA) is 69.4 Å². The minimum atomic E-state index is -0.175. The SMILES string of the molecule is COc1cnccc1C(NN)c1cccc(OC2CC2)c1. The Morgan fingerprint density at radius 1 is 1.33 bits per heavy atom. The van der Waals surface area contributed by atoms with Crippen LogP contribution in [0.5, 0.6) is 11.5 Å². The zero-order chi connectivity index (χ0) is 14.7. The van der Waals surface area contributed by atoms with Gasteiger partial charge in [0.25, 0.3) is 0 Å². The van der Waals surface area contributed by atoms with E-state index in [2.05, 4.69) is 10.4 Å². The van der Waals surface area contributed by atoms with Crippen molar-refractivity contribution >= 4 is 0 Å². The summed E-state index contributed by atoms with van der Waals surface area (Å²) >= 11 is 0. The molecule has 1 unspecified atom stereocenters. The number of rotatable bonds is 6. The van der Waals surface area contributed by atoms with Crippen LogP contribution in [0.1, 0.15) is 30.0 Å². The molecule has 5 nitrogen and oxygen atoms in total. The Hall–Kier alpha value is -2.11. The molecule has 0 spiro atoms. The van der Waals surface area contributed by atoms with Gasteiger partial charge >= 0.3 is 0 Å². The summed E-state index contributed by atoms with van der Waals surface area (Å²) in [5.41, 5.74) is 4.81. The van der Waals surface area contributed by atoms with Crippen molar-refractivity contribution in [1.82, 2.24) is 10.4 Å². The van der Waals surface area contributed by atoms with Crippen molar-refractivity contribution in [2.45, 2.75) is 25.0 Å². The molecule has 1 fully saturated rings. The molecule has 1 aromatic carbocycles. The molecule has 0 amide bonds. The lowest BCUT2D eigenvalue weighted by molar-refractivity contribution is 0.302. The third-order valence-electron chi connectivity index (χ3n) is 3.53. The molecule has 1 aromatic heterocycles. The number of hydrogen-bond acceptors (Lipinski definition) is 5. The maximum Gasteiger partial charge on any atom is 0.142 e. The van der Waals surface area contributed by atoms with Gasteiger partial charge in [-0.05, 0) is 36.6 Å². The van der Waals surface area contributed by atoms with Crippen molar-refractivity contribution in [3.05, 3.63) is 53.9 Å². The molecule has 1 saturated carbocycles. The van der Waals surface area contributed by atoms with Crippen LogP contribution in [0.2, 0.25) is 0 Å². The highest BCUT2D eigenvalue weighted by atomic mass is 16.5. The second kappa shape index (κ2) is 6.11. The molecule has 110 valence electrons. The van der Waals surface area contributed by atoms with E-state index in [1.807, 2.05) is 30.3 Å². The van der Waals surface area contributed by atoms with Crippen molar-refractivity contribution < 1.29 is 9.47 Å². The quantitative estimate of drug-likeness (QED) is 0.629. The summed E-state index contributed by atoms with van der Waals surface area (Å²) in [7, 11) is 1.63. The van der Waals surface area contributed by atoms with E-state index in [9.17, 15) is 0 Å². The fourth-order valence-corrected chi connectivity index (χ4v) is 2.31. The monoisotopic (exact) mass is 285 g/mol. The lowest BCUT2D eigenvalue weighted by atomic mass is 9.99. The van der Waals surface area contributed by atoms with Gasteiger partial charge in [-0.25, -0.2) is 5.43 Å². The number of nitrogens with zero attached hydrogens (tertiary/aromatic N) is 1. The number of hydrazine groups is 1. The molecule has 3 rings (SSSR count). The molecule has 0 bridgehead atoms. The Bertz CT molecular complexity index is 614. The molecule has 1 heterocycles. The van der Waals surface area contributed by atoms with Crippen LogP contribution in [0.15, 0.2) is 42.7 Å². The summed E-state index contributed by atoms with van der Waals surface area (Å²) in [6, 6.07) is 9.71. The number of nitrogens with two attached hydrogens (primary N) is 1. The minimum absolute atomic E-state index is 0.175. The summed E-state index contributed by atoms with van der Waals surface area (Å²) in [5, 5.41) is 0. The van der Waals surface area contributed by atoms with E-state index in [-0.39, 0.29) is 6.04 Å². The highest BCUT2D eigenvalue weighted by molar-refractivity contribution is 5.41. The van der Waals surface area contributed by atoms with Gasteiger partial charge in [0, 0.05) is 11.8 Å². The van der Waals surface area contributed by atoms with Crippen LogP contribution in [0.3, 0.4) is 0 Å². The normalized spacial score (nSPS) is 15.5. The zero-order valence-corrected chi connectivity index (χ0v) is 12.0. The van der Waals surface area contributed by atoms with E-state index in [0.717, 1.165) is 29.7 Å². The standard InChI is InChI=1S/C16H19N3O2/c1-20-15-10-18-8-7-14(15)16(19-17)11-3-2-4-13(9-11)21-12-5-6-12/h2-4,7-10,12,16,19H,5-6,17H2,1H3. The maximum atomic E-state index is 5.84. The number of hydrogen-bond donors (Lipinski definition) is 2. The fraction of sp³-hybridized carbons (Fsp3) is 0.312. The second-order valence-corrected chi connectivity index (χ2v) is 5.11. The van der Waals surface area contributed by atoms with E-state index >= 15 is 0 Å². The lowest BCUT2D eigenvalue weighted by Gasteiger charge is -2.19. The summed E-state index contributed by atoms with van der Waals surface area (Å²) in [6.45, 7) is 0. The van der Waals surface area contributed by atoms with E-state index in [4.69, 9.17) is 15.3 Å². The Balaban J connectivity index is 1.91. The van der Waals surface area contributed by atoms with Gasteiger partial charge in [-0.15, -0.1) is 0 Å². The van der Waals surface area contributed by atoms with Crippen molar-refractivity contribution in [3.63, 3.8) is 0 Å². The first kappa shape index (κ1) is 13.9. The number of ether oxygens (including phenoxy) is 2. The number of aromatic nitrogens is 1. The molecule has 1 atom stereocenters. The van der Waals surface area contributed by atoms with Crippen LogP contribution in [-0.4, -0.2) is 18.2 Å². The van der Waals surface area contributed by atoms with Gasteiger partial charge < -0.3 is 9.47 Å². The van der Waals surface area contributed by atoms with Crippen LogP contribution < -0.4 is 20.7 Å². The van der Waals surface area contributed by atoms with Crippen LogP contribution in [-0.2, 0) is 0 Å². The molecule has 0 saturated heterocycles. The van der Waals surface area contributed by atoms with Gasteiger partial charge in [0.15, 0.2) is 0 Å². The zero-order valence-electron chi connectivity index (χ0n) is 12.0. The third kappa shape index (κ3) is 3.15. The first-order chi connectivity index (χ1) is 10.3. The minimum Gasteiger partial charge on any atom is -0.495 e.